The lowest BCUT2D eigenvalue weighted by Gasteiger charge is -2.11. The summed E-state index contributed by atoms with van der Waals surface area (Å²) in [5.74, 6) is -0.739. The Morgan fingerprint density at radius 1 is 0.731 bits per heavy atom. The summed E-state index contributed by atoms with van der Waals surface area (Å²) in [5, 5.41) is 18.5. The third kappa shape index (κ3) is 3.89. The number of hydrogen-bond acceptors (Lipinski definition) is 2. The molecule has 0 amide bonds. The van der Waals surface area contributed by atoms with Crippen LogP contribution in [0.15, 0.2) is 91.0 Å². The van der Waals surface area contributed by atoms with Gasteiger partial charge in [-0.05, 0) is 34.2 Å². The van der Waals surface area contributed by atoms with Gasteiger partial charge in [0.1, 0.15) is 0 Å². The Hall–Kier alpha value is -3.62. The van der Waals surface area contributed by atoms with Gasteiger partial charge in [-0.25, -0.2) is 0 Å². The minimum absolute atomic E-state index is 0.662. The summed E-state index contributed by atoms with van der Waals surface area (Å²) in [6, 6.07) is 32.3. The quantitative estimate of drug-likeness (QED) is 0.619. The molecule has 3 aromatic carbocycles. The van der Waals surface area contributed by atoms with Gasteiger partial charge in [0, 0.05) is 0 Å². The van der Waals surface area contributed by atoms with Crippen molar-refractivity contribution in [2.75, 3.05) is 0 Å². The predicted octanol–water partition coefficient (Wildman–Crippen LogP) is 5.49. The molecule has 26 heavy (non-hydrogen) atoms. The van der Waals surface area contributed by atoms with Crippen LogP contribution in [0.5, 0.6) is 0 Å². The van der Waals surface area contributed by atoms with Gasteiger partial charge in [0.2, 0.25) is 0 Å². The first-order chi connectivity index (χ1) is 12.8. The maximum atomic E-state index is 9.25. The highest BCUT2D eigenvalue weighted by Crippen LogP contribution is 2.26. The third-order valence-electron chi connectivity index (χ3n) is 4.32. The molecule has 0 bridgehead atoms. The molecule has 124 valence electrons. The first-order valence-electron chi connectivity index (χ1n) is 8.51. The summed E-state index contributed by atoms with van der Waals surface area (Å²) in [6.45, 7) is 0. The second kappa shape index (κ2) is 8.47. The molecule has 0 atom stereocenters. The van der Waals surface area contributed by atoms with Crippen LogP contribution in [-0.2, 0) is 6.42 Å². The number of hydrogen-bond donors (Lipinski definition) is 0. The van der Waals surface area contributed by atoms with E-state index in [1.165, 1.54) is 0 Å². The van der Waals surface area contributed by atoms with Crippen LogP contribution in [0.1, 0.15) is 28.2 Å². The molecular weight excluding hydrogens is 316 g/mol. The summed E-state index contributed by atoms with van der Waals surface area (Å²) in [7, 11) is 0. The van der Waals surface area contributed by atoms with Crippen molar-refractivity contribution in [2.24, 2.45) is 0 Å². The largest absolute Gasteiger partial charge is 0.196 e. The van der Waals surface area contributed by atoms with Crippen LogP contribution >= 0.6 is 0 Å². The number of nitrogens with zero attached hydrogens (tertiary/aromatic N) is 2. The smallest absolute Gasteiger partial charge is 0.158 e. The van der Waals surface area contributed by atoms with Crippen molar-refractivity contribution in [1.29, 1.82) is 10.5 Å². The van der Waals surface area contributed by atoms with Gasteiger partial charge < -0.3 is 0 Å². The molecule has 3 aromatic rings. The Kier molecular flexibility index (Phi) is 5.61. The molecule has 0 unspecified atom stereocenters. The molecule has 0 heterocycles. The summed E-state index contributed by atoms with van der Waals surface area (Å²) in [6.07, 6.45) is 2.84. The molecule has 0 radical (unpaired) electrons. The fourth-order valence-corrected chi connectivity index (χ4v) is 3.02. The van der Waals surface area contributed by atoms with Crippen LogP contribution in [0.25, 0.3) is 5.57 Å². The molecule has 3 rings (SSSR count). The van der Waals surface area contributed by atoms with Gasteiger partial charge >= 0.3 is 0 Å². The van der Waals surface area contributed by atoms with E-state index in [1.54, 1.807) is 0 Å². The van der Waals surface area contributed by atoms with Gasteiger partial charge in [-0.3, -0.25) is 0 Å². The van der Waals surface area contributed by atoms with Crippen LogP contribution in [0.3, 0.4) is 0 Å². The standard InChI is InChI=1S/C24H18N2/c25-17-22(18-26)23-14-8-7-13-21(23)15-16-24(19-9-3-1-4-10-19)20-11-5-2-6-12-20/h1-14,16,22H,15H2. The number of benzene rings is 3. The van der Waals surface area contributed by atoms with Crippen LogP contribution in [0.4, 0.5) is 0 Å². The Balaban J connectivity index is 2.02. The monoisotopic (exact) mass is 334 g/mol. The zero-order valence-corrected chi connectivity index (χ0v) is 14.3. The molecule has 0 aliphatic heterocycles. The molecule has 2 nitrogen and oxygen atoms in total. The zero-order valence-electron chi connectivity index (χ0n) is 14.3. The van der Waals surface area contributed by atoms with E-state index in [1.807, 2.05) is 60.7 Å². The first kappa shape index (κ1) is 17.2. The Labute approximate surface area is 154 Å². The zero-order chi connectivity index (χ0) is 18.2. The van der Waals surface area contributed by atoms with Gasteiger partial charge in [0.15, 0.2) is 5.92 Å². The van der Waals surface area contributed by atoms with Gasteiger partial charge in [0.05, 0.1) is 12.1 Å². The summed E-state index contributed by atoms with van der Waals surface area (Å²) in [5.41, 5.74) is 5.23. The van der Waals surface area contributed by atoms with Gasteiger partial charge in [0.25, 0.3) is 0 Å². The molecule has 0 spiro atoms. The van der Waals surface area contributed by atoms with Crippen molar-refractivity contribution in [3.8, 4) is 12.1 Å². The highest BCUT2D eigenvalue weighted by molar-refractivity contribution is 5.79. The van der Waals surface area contributed by atoms with Gasteiger partial charge in [-0.15, -0.1) is 0 Å². The number of allylic oxidation sites excluding steroid dienone is 1. The highest BCUT2D eigenvalue weighted by Gasteiger charge is 2.13. The van der Waals surface area contributed by atoms with Crippen molar-refractivity contribution < 1.29 is 0 Å². The Morgan fingerprint density at radius 3 is 1.77 bits per heavy atom. The van der Waals surface area contributed by atoms with Crippen molar-refractivity contribution in [1.82, 2.24) is 0 Å². The van der Waals surface area contributed by atoms with Gasteiger partial charge in [-0.1, -0.05) is 91.0 Å². The van der Waals surface area contributed by atoms with E-state index in [9.17, 15) is 10.5 Å². The maximum absolute atomic E-state index is 9.25. The van der Waals surface area contributed by atoms with E-state index < -0.39 is 5.92 Å². The molecule has 0 saturated heterocycles. The van der Waals surface area contributed by atoms with Crippen molar-refractivity contribution in [3.63, 3.8) is 0 Å². The first-order valence-corrected chi connectivity index (χ1v) is 8.51. The lowest BCUT2D eigenvalue weighted by Crippen LogP contribution is -1.98. The Bertz CT molecular complexity index is 918. The second-order valence-electron chi connectivity index (χ2n) is 5.94. The van der Waals surface area contributed by atoms with E-state index in [0.29, 0.717) is 6.42 Å². The third-order valence-corrected chi connectivity index (χ3v) is 4.32. The lowest BCUT2D eigenvalue weighted by molar-refractivity contribution is 1.05. The minimum Gasteiger partial charge on any atom is -0.196 e. The molecular formula is C24H18N2. The van der Waals surface area contributed by atoms with Crippen molar-refractivity contribution in [2.45, 2.75) is 12.3 Å². The Morgan fingerprint density at radius 2 is 1.23 bits per heavy atom. The highest BCUT2D eigenvalue weighted by atomic mass is 14.3. The molecule has 0 aliphatic rings. The molecule has 0 aromatic heterocycles. The van der Waals surface area contributed by atoms with E-state index >= 15 is 0 Å². The summed E-state index contributed by atoms with van der Waals surface area (Å²) >= 11 is 0. The van der Waals surface area contributed by atoms with E-state index in [-0.39, 0.29) is 0 Å². The SMILES string of the molecule is N#CC(C#N)c1ccccc1CC=C(c1ccccc1)c1ccccc1. The normalized spacial score (nSPS) is 9.96. The summed E-state index contributed by atoms with van der Waals surface area (Å²) < 4.78 is 0. The molecule has 0 N–H and O–H groups in total. The second-order valence-corrected chi connectivity index (χ2v) is 5.94. The van der Waals surface area contributed by atoms with Crippen LogP contribution in [0, 0.1) is 22.7 Å². The summed E-state index contributed by atoms with van der Waals surface area (Å²) in [4.78, 5) is 0. The van der Waals surface area contributed by atoms with E-state index in [0.717, 1.165) is 27.8 Å². The molecule has 2 heteroatoms. The van der Waals surface area contributed by atoms with Crippen molar-refractivity contribution in [3.05, 3.63) is 113 Å². The minimum atomic E-state index is -0.739. The van der Waals surface area contributed by atoms with Crippen molar-refractivity contribution >= 4 is 5.57 Å². The lowest BCUT2D eigenvalue weighted by atomic mass is 9.92. The average Bonchev–Trinajstić information content (AvgIpc) is 2.72. The van der Waals surface area contributed by atoms with Gasteiger partial charge in [-0.2, -0.15) is 10.5 Å². The van der Waals surface area contributed by atoms with E-state index in [2.05, 4.69) is 42.5 Å². The van der Waals surface area contributed by atoms with Crippen LogP contribution in [-0.4, -0.2) is 0 Å². The maximum Gasteiger partial charge on any atom is 0.158 e. The fourth-order valence-electron chi connectivity index (χ4n) is 3.02. The molecule has 0 aliphatic carbocycles. The van der Waals surface area contributed by atoms with E-state index in [4.69, 9.17) is 0 Å². The average molecular weight is 334 g/mol. The fraction of sp³-hybridized carbons (Fsp3) is 0.0833. The van der Waals surface area contributed by atoms with Crippen LogP contribution < -0.4 is 0 Å². The molecule has 0 saturated carbocycles. The topological polar surface area (TPSA) is 47.6 Å². The predicted molar refractivity (Wildman–Crippen MR) is 104 cm³/mol. The number of nitriles is 2. The van der Waals surface area contributed by atoms with Crippen LogP contribution in [0.2, 0.25) is 0 Å². The molecule has 0 fully saturated rings. The number of rotatable bonds is 5.